The standard InChI is InChI=1S/C18H23NO3/c1-4-10-19(11-5-2)18(17(21)22-3)9-8-14-12-16(20)7-6-15(14)13-18/h4-7,12,20H,1-2,8-11,13H2,3H3. The Hall–Kier alpha value is -2.07. The van der Waals surface area contributed by atoms with Crippen molar-refractivity contribution in [3.63, 3.8) is 0 Å². The normalized spacial score (nSPS) is 20.3. The molecule has 0 aliphatic heterocycles. The summed E-state index contributed by atoms with van der Waals surface area (Å²) in [5.41, 5.74) is 1.46. The van der Waals surface area contributed by atoms with Crippen LogP contribution < -0.4 is 0 Å². The summed E-state index contributed by atoms with van der Waals surface area (Å²) in [4.78, 5) is 14.6. The minimum atomic E-state index is -0.707. The highest BCUT2D eigenvalue weighted by Gasteiger charge is 2.46. The maximum atomic E-state index is 12.6. The molecule has 0 fully saturated rings. The molecule has 118 valence electrons. The monoisotopic (exact) mass is 301 g/mol. The van der Waals surface area contributed by atoms with E-state index in [1.165, 1.54) is 7.11 Å². The Morgan fingerprint density at radius 3 is 2.64 bits per heavy atom. The summed E-state index contributed by atoms with van der Waals surface area (Å²) < 4.78 is 5.11. The molecule has 4 heteroatoms. The van der Waals surface area contributed by atoms with Gasteiger partial charge in [0.25, 0.3) is 0 Å². The van der Waals surface area contributed by atoms with Crippen LogP contribution in [0.1, 0.15) is 17.5 Å². The van der Waals surface area contributed by atoms with E-state index in [0.29, 0.717) is 25.9 Å². The van der Waals surface area contributed by atoms with Gasteiger partial charge in [-0.3, -0.25) is 9.69 Å². The average molecular weight is 301 g/mol. The second-order valence-electron chi connectivity index (χ2n) is 5.64. The number of fused-ring (bicyclic) bond motifs is 1. The molecule has 1 atom stereocenters. The smallest absolute Gasteiger partial charge is 0.326 e. The van der Waals surface area contributed by atoms with Crippen LogP contribution in [0.15, 0.2) is 43.5 Å². The highest BCUT2D eigenvalue weighted by atomic mass is 16.5. The van der Waals surface area contributed by atoms with Crippen molar-refractivity contribution >= 4 is 5.97 Å². The van der Waals surface area contributed by atoms with E-state index in [1.54, 1.807) is 24.3 Å². The first-order valence-corrected chi connectivity index (χ1v) is 7.43. The molecule has 0 radical (unpaired) electrons. The molecule has 1 aromatic rings. The van der Waals surface area contributed by atoms with E-state index in [0.717, 1.165) is 17.5 Å². The third kappa shape index (κ3) is 2.92. The lowest BCUT2D eigenvalue weighted by molar-refractivity contribution is -0.155. The Kier molecular flexibility index (Phi) is 5.03. The molecule has 0 bridgehead atoms. The number of nitrogens with zero attached hydrogens (tertiary/aromatic N) is 1. The lowest BCUT2D eigenvalue weighted by atomic mass is 9.76. The van der Waals surface area contributed by atoms with E-state index in [-0.39, 0.29) is 11.7 Å². The first-order chi connectivity index (χ1) is 10.6. The van der Waals surface area contributed by atoms with Gasteiger partial charge < -0.3 is 9.84 Å². The second kappa shape index (κ2) is 6.79. The van der Waals surface area contributed by atoms with Gasteiger partial charge in [0, 0.05) is 19.5 Å². The van der Waals surface area contributed by atoms with E-state index >= 15 is 0 Å². The molecule has 2 rings (SSSR count). The number of aromatic hydroxyl groups is 1. The van der Waals surface area contributed by atoms with Gasteiger partial charge >= 0.3 is 5.97 Å². The Bertz CT molecular complexity index is 572. The topological polar surface area (TPSA) is 49.8 Å². The van der Waals surface area contributed by atoms with Crippen LogP contribution >= 0.6 is 0 Å². The van der Waals surface area contributed by atoms with Crippen molar-refractivity contribution in [2.75, 3.05) is 20.2 Å². The molecule has 0 saturated heterocycles. The number of methoxy groups -OCH3 is 1. The number of hydrogen-bond acceptors (Lipinski definition) is 4. The molecule has 22 heavy (non-hydrogen) atoms. The largest absolute Gasteiger partial charge is 0.508 e. The number of benzene rings is 1. The number of aryl methyl sites for hydroxylation is 1. The number of ether oxygens (including phenoxy) is 1. The maximum absolute atomic E-state index is 12.6. The highest BCUT2D eigenvalue weighted by Crippen LogP contribution is 2.36. The fraction of sp³-hybridized carbons (Fsp3) is 0.389. The van der Waals surface area contributed by atoms with Crippen molar-refractivity contribution < 1.29 is 14.6 Å². The first kappa shape index (κ1) is 16.3. The molecule has 0 heterocycles. The number of carbonyl (C=O) groups is 1. The fourth-order valence-corrected chi connectivity index (χ4v) is 3.26. The zero-order valence-electron chi connectivity index (χ0n) is 13.0. The van der Waals surface area contributed by atoms with Gasteiger partial charge in [0.2, 0.25) is 0 Å². The molecular formula is C18H23NO3. The van der Waals surface area contributed by atoms with E-state index < -0.39 is 5.54 Å². The predicted octanol–water partition coefficient (Wildman–Crippen LogP) is 2.47. The lowest BCUT2D eigenvalue weighted by Gasteiger charge is -2.43. The molecule has 1 N–H and O–H groups in total. The van der Waals surface area contributed by atoms with Gasteiger partial charge in [-0.25, -0.2) is 0 Å². The summed E-state index contributed by atoms with van der Waals surface area (Å²) in [6.45, 7) is 8.76. The molecule has 1 aliphatic carbocycles. The van der Waals surface area contributed by atoms with Crippen LogP contribution in [0.3, 0.4) is 0 Å². The van der Waals surface area contributed by atoms with Crippen LogP contribution in [0, 0.1) is 0 Å². The van der Waals surface area contributed by atoms with Crippen molar-refractivity contribution in [3.05, 3.63) is 54.6 Å². The second-order valence-corrected chi connectivity index (χ2v) is 5.64. The van der Waals surface area contributed by atoms with Gasteiger partial charge in [0.15, 0.2) is 0 Å². The van der Waals surface area contributed by atoms with Gasteiger partial charge in [-0.1, -0.05) is 18.2 Å². The van der Waals surface area contributed by atoms with Crippen molar-refractivity contribution in [2.24, 2.45) is 0 Å². The zero-order valence-corrected chi connectivity index (χ0v) is 13.0. The molecule has 1 unspecified atom stereocenters. The zero-order chi connectivity index (χ0) is 16.2. The lowest BCUT2D eigenvalue weighted by Crippen LogP contribution is -2.58. The minimum Gasteiger partial charge on any atom is -0.508 e. The Morgan fingerprint density at radius 1 is 1.36 bits per heavy atom. The van der Waals surface area contributed by atoms with E-state index in [4.69, 9.17) is 4.74 Å². The van der Waals surface area contributed by atoms with Crippen LogP contribution in [0.4, 0.5) is 0 Å². The fourth-order valence-electron chi connectivity index (χ4n) is 3.26. The predicted molar refractivity (Wildman–Crippen MR) is 86.8 cm³/mol. The number of phenolic OH excluding ortho intramolecular Hbond substituents is 1. The average Bonchev–Trinajstić information content (AvgIpc) is 2.53. The summed E-state index contributed by atoms with van der Waals surface area (Å²) in [6.07, 6.45) is 5.53. The molecule has 0 aromatic heterocycles. The Morgan fingerprint density at radius 2 is 2.05 bits per heavy atom. The Labute approximate surface area is 131 Å². The molecule has 0 amide bonds. The van der Waals surface area contributed by atoms with Crippen molar-refractivity contribution in [1.29, 1.82) is 0 Å². The van der Waals surface area contributed by atoms with Gasteiger partial charge in [-0.15, -0.1) is 13.2 Å². The number of phenols is 1. The van der Waals surface area contributed by atoms with Gasteiger partial charge in [-0.2, -0.15) is 0 Å². The minimum absolute atomic E-state index is 0.227. The number of carbonyl (C=O) groups excluding carboxylic acids is 1. The molecule has 4 nitrogen and oxygen atoms in total. The SMILES string of the molecule is C=CCN(CC=C)C1(C(=O)OC)CCc2cc(O)ccc2C1. The Balaban J connectivity index is 2.43. The number of rotatable bonds is 6. The summed E-state index contributed by atoms with van der Waals surface area (Å²) in [5, 5.41) is 9.62. The van der Waals surface area contributed by atoms with Crippen LogP contribution in [0.2, 0.25) is 0 Å². The summed E-state index contributed by atoms with van der Waals surface area (Å²) in [7, 11) is 1.43. The van der Waals surface area contributed by atoms with E-state index in [1.807, 2.05) is 6.07 Å². The van der Waals surface area contributed by atoms with Crippen LogP contribution in [-0.2, 0) is 22.4 Å². The van der Waals surface area contributed by atoms with Gasteiger partial charge in [0.1, 0.15) is 11.3 Å². The van der Waals surface area contributed by atoms with E-state index in [9.17, 15) is 9.90 Å². The molecule has 0 spiro atoms. The van der Waals surface area contributed by atoms with Crippen molar-refractivity contribution in [3.8, 4) is 5.75 Å². The highest BCUT2D eigenvalue weighted by molar-refractivity contribution is 5.82. The maximum Gasteiger partial charge on any atom is 0.326 e. The van der Waals surface area contributed by atoms with E-state index in [2.05, 4.69) is 18.1 Å². The van der Waals surface area contributed by atoms with Gasteiger partial charge in [0.05, 0.1) is 7.11 Å². The van der Waals surface area contributed by atoms with Crippen molar-refractivity contribution in [1.82, 2.24) is 4.90 Å². The van der Waals surface area contributed by atoms with Crippen LogP contribution in [-0.4, -0.2) is 41.7 Å². The quantitative estimate of drug-likeness (QED) is 0.648. The first-order valence-electron chi connectivity index (χ1n) is 7.43. The van der Waals surface area contributed by atoms with Crippen molar-refractivity contribution in [2.45, 2.75) is 24.8 Å². The third-order valence-corrected chi connectivity index (χ3v) is 4.35. The summed E-state index contributed by atoms with van der Waals surface area (Å²) >= 11 is 0. The summed E-state index contributed by atoms with van der Waals surface area (Å²) in [6, 6.07) is 5.33. The molecule has 1 aromatic carbocycles. The summed E-state index contributed by atoms with van der Waals surface area (Å²) in [5.74, 6) is 0.0354. The number of esters is 1. The third-order valence-electron chi connectivity index (χ3n) is 4.35. The van der Waals surface area contributed by atoms with Crippen LogP contribution in [0.25, 0.3) is 0 Å². The molecule has 1 aliphatic rings. The van der Waals surface area contributed by atoms with Crippen LogP contribution in [0.5, 0.6) is 5.75 Å². The number of hydrogen-bond donors (Lipinski definition) is 1. The molecular weight excluding hydrogens is 278 g/mol. The van der Waals surface area contributed by atoms with Gasteiger partial charge in [-0.05, 0) is 36.1 Å². The molecule has 0 saturated carbocycles.